The number of aromatic nitrogens is 5. The van der Waals surface area contributed by atoms with Crippen LogP contribution in [-0.2, 0) is 6.42 Å². The third kappa shape index (κ3) is 4.80. The second-order valence-corrected chi connectivity index (χ2v) is 7.74. The summed E-state index contributed by atoms with van der Waals surface area (Å²) in [5, 5.41) is 24.9. The summed E-state index contributed by atoms with van der Waals surface area (Å²) >= 11 is 0. The Morgan fingerprint density at radius 3 is 2.37 bits per heavy atom. The maximum Gasteiger partial charge on any atom is 0.340 e. The minimum Gasteiger partial charge on any atom is -0.478 e. The zero-order valence-electron chi connectivity index (χ0n) is 19.4. The molecule has 1 radical (unpaired) electrons. The standard InChI is InChI=1S/C26H21N5O3.Li/c1-2-7-22-24(23(26(32)33)20-10-5-6-11-21(20)27-22)34-17-14-12-16(13-15-17)18-8-3-4-9-19(18)25-28-30-31-29-25;/h3-6,8-15H,2,7H2,1H3,(H,32,33)(H,28,29,30,31);. The van der Waals surface area contributed by atoms with E-state index in [0.29, 0.717) is 34.6 Å². The quantitative estimate of drug-likeness (QED) is 0.325. The number of carbonyl (C=O) groups is 1. The first-order chi connectivity index (χ1) is 16.7. The van der Waals surface area contributed by atoms with Crippen LogP contribution in [0.5, 0.6) is 11.5 Å². The van der Waals surface area contributed by atoms with E-state index in [1.165, 1.54) is 0 Å². The van der Waals surface area contributed by atoms with Crippen molar-refractivity contribution in [3.05, 3.63) is 84.1 Å². The van der Waals surface area contributed by atoms with E-state index in [9.17, 15) is 9.90 Å². The molecular weight excluding hydrogens is 437 g/mol. The SMILES string of the molecule is CCCc1nc2ccccc2c(C(=O)O)c1Oc1ccc(-c2ccccc2-c2nn[nH]n2)cc1.[Li]. The van der Waals surface area contributed by atoms with Crippen molar-refractivity contribution in [1.82, 2.24) is 25.6 Å². The molecule has 3 aromatic carbocycles. The van der Waals surface area contributed by atoms with Gasteiger partial charge in [-0.15, -0.1) is 10.2 Å². The monoisotopic (exact) mass is 458 g/mol. The van der Waals surface area contributed by atoms with E-state index >= 15 is 0 Å². The molecule has 0 fully saturated rings. The largest absolute Gasteiger partial charge is 0.478 e. The number of aromatic amines is 1. The van der Waals surface area contributed by atoms with Gasteiger partial charge in [-0.2, -0.15) is 5.21 Å². The summed E-state index contributed by atoms with van der Waals surface area (Å²) in [5.41, 5.74) is 4.13. The maximum atomic E-state index is 12.2. The van der Waals surface area contributed by atoms with Crippen LogP contribution in [0, 0.1) is 0 Å². The summed E-state index contributed by atoms with van der Waals surface area (Å²) in [4.78, 5) is 16.9. The fourth-order valence-corrected chi connectivity index (χ4v) is 4.00. The average molecular weight is 458 g/mol. The van der Waals surface area contributed by atoms with E-state index in [2.05, 4.69) is 20.6 Å². The van der Waals surface area contributed by atoms with Crippen LogP contribution >= 0.6 is 0 Å². The average Bonchev–Trinajstić information content (AvgIpc) is 3.40. The maximum absolute atomic E-state index is 12.2. The normalized spacial score (nSPS) is 10.7. The molecule has 0 aliphatic carbocycles. The van der Waals surface area contributed by atoms with Crippen LogP contribution < -0.4 is 4.74 Å². The van der Waals surface area contributed by atoms with Gasteiger partial charge in [0.1, 0.15) is 11.3 Å². The van der Waals surface area contributed by atoms with Gasteiger partial charge in [-0.25, -0.2) is 9.78 Å². The molecule has 0 spiro atoms. The van der Waals surface area contributed by atoms with E-state index in [1.54, 1.807) is 12.1 Å². The molecule has 35 heavy (non-hydrogen) atoms. The van der Waals surface area contributed by atoms with Gasteiger partial charge in [-0.1, -0.05) is 67.9 Å². The minimum atomic E-state index is -1.04. The number of aromatic carboxylic acids is 1. The van der Waals surface area contributed by atoms with Crippen molar-refractivity contribution in [3.63, 3.8) is 0 Å². The Kier molecular flexibility index (Phi) is 7.25. The predicted molar refractivity (Wildman–Crippen MR) is 134 cm³/mol. The van der Waals surface area contributed by atoms with Crippen LogP contribution in [-0.4, -0.2) is 55.5 Å². The molecule has 2 N–H and O–H groups in total. The molecule has 9 heteroatoms. The number of hydrogen-bond acceptors (Lipinski definition) is 6. The van der Waals surface area contributed by atoms with Crippen molar-refractivity contribution in [2.75, 3.05) is 0 Å². The molecule has 8 nitrogen and oxygen atoms in total. The van der Waals surface area contributed by atoms with Crippen molar-refractivity contribution in [2.45, 2.75) is 19.8 Å². The van der Waals surface area contributed by atoms with Gasteiger partial charge in [-0.3, -0.25) is 0 Å². The molecule has 0 atom stereocenters. The summed E-state index contributed by atoms with van der Waals surface area (Å²) < 4.78 is 6.17. The van der Waals surface area contributed by atoms with Gasteiger partial charge < -0.3 is 9.84 Å². The van der Waals surface area contributed by atoms with Gasteiger partial charge in [0, 0.05) is 29.8 Å². The predicted octanol–water partition coefficient (Wildman–Crippen LogP) is 5.14. The van der Waals surface area contributed by atoms with Crippen LogP contribution in [0.4, 0.5) is 0 Å². The number of rotatable bonds is 7. The zero-order valence-corrected chi connectivity index (χ0v) is 19.4. The van der Waals surface area contributed by atoms with Gasteiger partial charge in [0.25, 0.3) is 0 Å². The summed E-state index contributed by atoms with van der Waals surface area (Å²) in [6, 6.07) is 22.5. The molecule has 5 aromatic rings. The summed E-state index contributed by atoms with van der Waals surface area (Å²) in [5.74, 6) is 0.274. The fourth-order valence-electron chi connectivity index (χ4n) is 4.00. The number of nitrogens with one attached hydrogen (secondary N) is 1. The topological polar surface area (TPSA) is 114 Å². The number of benzene rings is 3. The summed E-state index contributed by atoms with van der Waals surface area (Å²) in [6.45, 7) is 2.02. The Morgan fingerprint density at radius 2 is 1.69 bits per heavy atom. The molecule has 5 rings (SSSR count). The van der Waals surface area contributed by atoms with Crippen molar-refractivity contribution in [3.8, 4) is 34.0 Å². The van der Waals surface area contributed by atoms with E-state index in [-0.39, 0.29) is 30.2 Å². The molecule has 0 saturated heterocycles. The van der Waals surface area contributed by atoms with E-state index in [4.69, 9.17) is 9.72 Å². The van der Waals surface area contributed by atoms with E-state index in [0.717, 1.165) is 23.1 Å². The summed E-state index contributed by atoms with van der Waals surface area (Å²) in [6.07, 6.45) is 1.42. The van der Waals surface area contributed by atoms with Gasteiger partial charge >= 0.3 is 5.97 Å². The third-order valence-electron chi connectivity index (χ3n) is 5.52. The Hall–Kier alpha value is -3.99. The number of hydrogen-bond donors (Lipinski definition) is 2. The van der Waals surface area contributed by atoms with Crippen LogP contribution in [0.25, 0.3) is 33.4 Å². The van der Waals surface area contributed by atoms with Gasteiger partial charge in [0.15, 0.2) is 5.75 Å². The van der Waals surface area contributed by atoms with E-state index in [1.807, 2.05) is 67.6 Å². The first-order valence-corrected chi connectivity index (χ1v) is 10.9. The number of ether oxygens (including phenoxy) is 1. The van der Waals surface area contributed by atoms with Crippen molar-refractivity contribution < 1.29 is 14.6 Å². The third-order valence-corrected chi connectivity index (χ3v) is 5.52. The molecule has 0 amide bonds. The van der Waals surface area contributed by atoms with Crippen LogP contribution in [0.3, 0.4) is 0 Å². The second kappa shape index (κ2) is 10.5. The number of carboxylic acids is 1. The zero-order chi connectivity index (χ0) is 23.5. The number of para-hydroxylation sites is 1. The number of nitrogens with zero attached hydrogens (tertiary/aromatic N) is 4. The van der Waals surface area contributed by atoms with Gasteiger partial charge in [0.05, 0.1) is 11.2 Å². The number of tetrazole rings is 1. The number of pyridine rings is 1. The molecule has 169 valence electrons. The first-order valence-electron chi connectivity index (χ1n) is 10.9. The molecule has 0 aliphatic heterocycles. The Labute approximate surface area is 213 Å². The Morgan fingerprint density at radius 1 is 0.971 bits per heavy atom. The van der Waals surface area contributed by atoms with Gasteiger partial charge in [0.2, 0.25) is 5.82 Å². The van der Waals surface area contributed by atoms with Gasteiger partial charge in [-0.05, 0) is 41.0 Å². The van der Waals surface area contributed by atoms with Crippen LogP contribution in [0.2, 0.25) is 0 Å². The number of H-pyrrole nitrogens is 1. The van der Waals surface area contributed by atoms with Crippen molar-refractivity contribution >= 4 is 35.7 Å². The molecule has 2 aromatic heterocycles. The molecule has 2 heterocycles. The minimum absolute atomic E-state index is 0. The summed E-state index contributed by atoms with van der Waals surface area (Å²) in [7, 11) is 0. The molecular formula is C26H21LiN5O3. The van der Waals surface area contributed by atoms with Crippen molar-refractivity contribution in [1.29, 1.82) is 0 Å². The molecule has 0 aliphatic rings. The number of aryl methyl sites for hydroxylation is 1. The smallest absolute Gasteiger partial charge is 0.340 e. The number of carboxylic acid groups (broad SMARTS) is 1. The molecule has 0 saturated carbocycles. The first kappa shape index (κ1) is 24.1. The van der Waals surface area contributed by atoms with Crippen LogP contribution in [0.1, 0.15) is 29.4 Å². The number of fused-ring (bicyclic) bond motifs is 1. The molecule has 0 bridgehead atoms. The second-order valence-electron chi connectivity index (χ2n) is 7.74. The van der Waals surface area contributed by atoms with Crippen LogP contribution in [0.15, 0.2) is 72.8 Å². The molecule has 0 unspecified atom stereocenters. The Bertz CT molecular complexity index is 1470. The van der Waals surface area contributed by atoms with E-state index < -0.39 is 5.97 Å². The van der Waals surface area contributed by atoms with Crippen molar-refractivity contribution in [2.24, 2.45) is 0 Å². The Balaban J connectivity index is 0.00000289. The fraction of sp³-hybridized carbons (Fsp3) is 0.115.